The van der Waals surface area contributed by atoms with Crippen LogP contribution in [0, 0.1) is 0 Å². The molecule has 0 aliphatic rings. The summed E-state index contributed by atoms with van der Waals surface area (Å²) in [6.07, 6.45) is 4.54. The lowest BCUT2D eigenvalue weighted by Gasteiger charge is -2.24. The van der Waals surface area contributed by atoms with Crippen LogP contribution >= 0.6 is 0 Å². The van der Waals surface area contributed by atoms with E-state index in [9.17, 15) is 10.2 Å². The fourth-order valence-corrected chi connectivity index (χ4v) is 2.60. The van der Waals surface area contributed by atoms with Crippen LogP contribution in [-0.4, -0.2) is 30.1 Å². The predicted molar refractivity (Wildman–Crippen MR) is 93.1 cm³/mol. The SMILES string of the molecule is Oc1cccc(N(c2cccc(O)c2)c2ncnc3nccnc23)c1. The van der Waals surface area contributed by atoms with Crippen LogP contribution in [0.3, 0.4) is 0 Å². The van der Waals surface area contributed by atoms with E-state index in [4.69, 9.17) is 0 Å². The molecule has 0 spiro atoms. The van der Waals surface area contributed by atoms with Gasteiger partial charge in [0, 0.05) is 24.5 Å². The van der Waals surface area contributed by atoms with Crippen molar-refractivity contribution in [1.82, 2.24) is 19.9 Å². The van der Waals surface area contributed by atoms with Gasteiger partial charge in [-0.1, -0.05) is 12.1 Å². The van der Waals surface area contributed by atoms with Crippen molar-refractivity contribution in [1.29, 1.82) is 0 Å². The lowest BCUT2D eigenvalue weighted by molar-refractivity contribution is 0.475. The van der Waals surface area contributed by atoms with Gasteiger partial charge in [-0.3, -0.25) is 4.90 Å². The molecular weight excluding hydrogens is 318 g/mol. The summed E-state index contributed by atoms with van der Waals surface area (Å²) in [5.41, 5.74) is 2.29. The molecule has 4 aromatic rings. The number of phenols is 2. The molecule has 0 aliphatic heterocycles. The van der Waals surface area contributed by atoms with E-state index in [1.165, 1.54) is 6.33 Å². The zero-order valence-corrected chi connectivity index (χ0v) is 13.0. The van der Waals surface area contributed by atoms with Crippen molar-refractivity contribution >= 4 is 28.4 Å². The molecular formula is C18H13N5O2. The number of aromatic nitrogens is 4. The van der Waals surface area contributed by atoms with Crippen molar-refractivity contribution in [2.75, 3.05) is 4.90 Å². The average molecular weight is 331 g/mol. The minimum absolute atomic E-state index is 0.118. The highest BCUT2D eigenvalue weighted by Gasteiger charge is 2.19. The Bertz CT molecular complexity index is 1000. The van der Waals surface area contributed by atoms with E-state index in [0.717, 1.165) is 0 Å². The van der Waals surface area contributed by atoms with Crippen molar-refractivity contribution in [2.24, 2.45) is 0 Å². The van der Waals surface area contributed by atoms with Gasteiger partial charge in [0.2, 0.25) is 0 Å². The summed E-state index contributed by atoms with van der Waals surface area (Å²) in [7, 11) is 0. The second kappa shape index (κ2) is 6.04. The van der Waals surface area contributed by atoms with Crippen LogP contribution in [0.1, 0.15) is 0 Å². The lowest BCUT2D eigenvalue weighted by Crippen LogP contribution is -2.13. The number of phenolic OH excluding ortho intramolecular Hbond substituents is 2. The van der Waals surface area contributed by atoms with Crippen LogP contribution < -0.4 is 4.90 Å². The molecule has 4 rings (SSSR count). The first-order valence-electron chi connectivity index (χ1n) is 7.52. The van der Waals surface area contributed by atoms with Gasteiger partial charge in [-0.05, 0) is 24.3 Å². The standard InChI is InChI=1S/C18H13N5O2/c24-14-5-1-3-12(9-14)23(13-4-2-6-15(25)10-13)18-16-17(21-11-22-18)20-8-7-19-16/h1-11,24-25H. The van der Waals surface area contributed by atoms with E-state index in [1.807, 2.05) is 12.1 Å². The fourth-order valence-electron chi connectivity index (χ4n) is 2.60. The Morgan fingerprint density at radius 3 is 2.00 bits per heavy atom. The van der Waals surface area contributed by atoms with E-state index < -0.39 is 0 Å². The highest BCUT2D eigenvalue weighted by atomic mass is 16.3. The molecule has 2 heterocycles. The summed E-state index contributed by atoms with van der Waals surface area (Å²) in [4.78, 5) is 18.8. The van der Waals surface area contributed by atoms with E-state index in [-0.39, 0.29) is 11.5 Å². The molecule has 2 aromatic heterocycles. The van der Waals surface area contributed by atoms with Crippen LogP contribution in [0.25, 0.3) is 11.2 Å². The average Bonchev–Trinajstić information content (AvgIpc) is 2.62. The summed E-state index contributed by atoms with van der Waals surface area (Å²) < 4.78 is 0. The van der Waals surface area contributed by atoms with E-state index in [0.29, 0.717) is 28.4 Å². The van der Waals surface area contributed by atoms with Crippen molar-refractivity contribution in [3.63, 3.8) is 0 Å². The number of rotatable bonds is 3. The van der Waals surface area contributed by atoms with Gasteiger partial charge in [0.15, 0.2) is 17.0 Å². The number of nitrogens with zero attached hydrogens (tertiary/aromatic N) is 5. The maximum atomic E-state index is 9.89. The number of aromatic hydroxyl groups is 2. The predicted octanol–water partition coefficient (Wildman–Crippen LogP) is 3.30. The van der Waals surface area contributed by atoms with Gasteiger partial charge in [0.05, 0.1) is 11.4 Å². The highest BCUT2D eigenvalue weighted by molar-refractivity contribution is 5.90. The van der Waals surface area contributed by atoms with Gasteiger partial charge >= 0.3 is 0 Å². The summed E-state index contributed by atoms with van der Waals surface area (Å²) >= 11 is 0. The zero-order chi connectivity index (χ0) is 17.2. The van der Waals surface area contributed by atoms with Crippen LogP contribution in [0.4, 0.5) is 17.2 Å². The second-order valence-electron chi connectivity index (χ2n) is 5.30. The number of benzene rings is 2. The lowest BCUT2D eigenvalue weighted by atomic mass is 10.2. The topological polar surface area (TPSA) is 95.3 Å². The summed E-state index contributed by atoms with van der Waals surface area (Å²) in [6.45, 7) is 0. The van der Waals surface area contributed by atoms with E-state index >= 15 is 0 Å². The Kier molecular flexibility index (Phi) is 3.59. The molecule has 0 saturated carbocycles. The summed E-state index contributed by atoms with van der Waals surface area (Å²) in [5, 5.41) is 19.8. The number of hydrogen-bond donors (Lipinski definition) is 2. The number of hydrogen-bond acceptors (Lipinski definition) is 7. The number of anilines is 3. The quantitative estimate of drug-likeness (QED) is 0.594. The maximum Gasteiger partial charge on any atom is 0.183 e. The van der Waals surface area contributed by atoms with Crippen molar-refractivity contribution in [3.8, 4) is 11.5 Å². The Labute approximate surface area is 142 Å². The first-order valence-corrected chi connectivity index (χ1v) is 7.52. The van der Waals surface area contributed by atoms with Gasteiger partial charge < -0.3 is 10.2 Å². The molecule has 0 atom stereocenters. The van der Waals surface area contributed by atoms with Crippen molar-refractivity contribution in [2.45, 2.75) is 0 Å². The van der Waals surface area contributed by atoms with Gasteiger partial charge in [-0.25, -0.2) is 19.9 Å². The molecule has 0 fully saturated rings. The zero-order valence-electron chi connectivity index (χ0n) is 13.0. The van der Waals surface area contributed by atoms with Crippen LogP contribution in [0.2, 0.25) is 0 Å². The third-order valence-corrected chi connectivity index (χ3v) is 3.64. The third-order valence-electron chi connectivity index (χ3n) is 3.64. The molecule has 2 N–H and O–H groups in total. The molecule has 0 radical (unpaired) electrons. The van der Waals surface area contributed by atoms with Crippen LogP contribution in [0.15, 0.2) is 67.3 Å². The normalized spacial score (nSPS) is 10.7. The minimum atomic E-state index is 0.118. The summed E-state index contributed by atoms with van der Waals surface area (Å²) in [6, 6.07) is 13.5. The molecule has 2 aromatic carbocycles. The van der Waals surface area contributed by atoms with Gasteiger partial charge in [-0.2, -0.15) is 0 Å². The first kappa shape index (κ1) is 14.8. The molecule has 7 nitrogen and oxygen atoms in total. The van der Waals surface area contributed by atoms with Crippen LogP contribution in [-0.2, 0) is 0 Å². The number of fused-ring (bicyclic) bond motifs is 1. The van der Waals surface area contributed by atoms with Gasteiger partial charge in [0.25, 0.3) is 0 Å². The Morgan fingerprint density at radius 1 is 0.720 bits per heavy atom. The van der Waals surface area contributed by atoms with E-state index in [2.05, 4.69) is 19.9 Å². The third kappa shape index (κ3) is 2.78. The smallest absolute Gasteiger partial charge is 0.183 e. The van der Waals surface area contributed by atoms with Crippen molar-refractivity contribution < 1.29 is 10.2 Å². The Morgan fingerprint density at radius 2 is 1.36 bits per heavy atom. The van der Waals surface area contributed by atoms with Crippen LogP contribution in [0.5, 0.6) is 11.5 Å². The molecule has 0 bridgehead atoms. The van der Waals surface area contributed by atoms with E-state index in [1.54, 1.807) is 53.7 Å². The maximum absolute atomic E-state index is 9.89. The molecule has 122 valence electrons. The second-order valence-corrected chi connectivity index (χ2v) is 5.30. The summed E-state index contributed by atoms with van der Waals surface area (Å²) in [5.74, 6) is 0.730. The van der Waals surface area contributed by atoms with Crippen molar-refractivity contribution in [3.05, 3.63) is 67.3 Å². The molecule has 0 unspecified atom stereocenters. The molecule has 25 heavy (non-hydrogen) atoms. The molecule has 7 heteroatoms. The molecule has 0 amide bonds. The van der Waals surface area contributed by atoms with Gasteiger partial charge in [0.1, 0.15) is 17.8 Å². The Balaban J connectivity index is 2.00. The fraction of sp³-hybridized carbons (Fsp3) is 0. The highest BCUT2D eigenvalue weighted by Crippen LogP contribution is 2.37. The Hall–Kier alpha value is -3.74. The van der Waals surface area contributed by atoms with Gasteiger partial charge in [-0.15, -0.1) is 0 Å². The largest absolute Gasteiger partial charge is 0.508 e. The first-order chi connectivity index (χ1) is 12.2. The molecule has 0 aliphatic carbocycles. The minimum Gasteiger partial charge on any atom is -0.508 e. The molecule has 0 saturated heterocycles. The monoisotopic (exact) mass is 331 g/mol.